The van der Waals surface area contributed by atoms with E-state index >= 15 is 0 Å². The van der Waals surface area contributed by atoms with Crippen LogP contribution in [0.2, 0.25) is 0 Å². The van der Waals surface area contributed by atoms with Gasteiger partial charge in [0.25, 0.3) is 23.6 Å². The number of morpholine rings is 1. The van der Waals surface area contributed by atoms with Gasteiger partial charge in [0.1, 0.15) is 11.5 Å². The molecule has 0 saturated carbocycles. The predicted molar refractivity (Wildman–Crippen MR) is 195 cm³/mol. The van der Waals surface area contributed by atoms with Crippen LogP contribution in [0.3, 0.4) is 0 Å². The van der Waals surface area contributed by atoms with E-state index in [0.29, 0.717) is 102 Å². The maximum absolute atomic E-state index is 13.7. The summed E-state index contributed by atoms with van der Waals surface area (Å²) in [5, 5.41) is 20.2. The summed E-state index contributed by atoms with van der Waals surface area (Å²) in [4.78, 5) is 58.7. The van der Waals surface area contributed by atoms with Crippen molar-refractivity contribution >= 4 is 56.9 Å². The Morgan fingerprint density at radius 3 is 2.04 bits per heavy atom. The lowest BCUT2D eigenvalue weighted by molar-refractivity contribution is 0.0597. The first-order valence-electron chi connectivity index (χ1n) is 17.3. The number of hydrogen-bond acceptors (Lipinski definition) is 10. The van der Waals surface area contributed by atoms with Gasteiger partial charge in [-0.2, -0.15) is 0 Å². The average molecular weight is 692 g/mol. The highest BCUT2D eigenvalue weighted by molar-refractivity contribution is 6.28. The summed E-state index contributed by atoms with van der Waals surface area (Å²) in [5.41, 5.74) is 3.91. The van der Waals surface area contributed by atoms with Gasteiger partial charge in [0, 0.05) is 77.8 Å². The van der Waals surface area contributed by atoms with Crippen molar-refractivity contribution in [2.24, 2.45) is 0 Å². The number of nitrogens with zero attached hydrogens (tertiary/aromatic N) is 3. The van der Waals surface area contributed by atoms with Crippen molar-refractivity contribution < 1.29 is 33.8 Å². The van der Waals surface area contributed by atoms with E-state index in [1.165, 1.54) is 15.9 Å². The van der Waals surface area contributed by atoms with E-state index in [2.05, 4.69) is 22.1 Å². The number of carbonyl (C=O) groups excluding carboxylic acids is 4. The zero-order chi connectivity index (χ0) is 35.8. The maximum Gasteiger partial charge on any atom is 0.261 e. The number of amides is 4. The summed E-state index contributed by atoms with van der Waals surface area (Å²) in [6.07, 6.45) is 2.31. The molecule has 0 spiro atoms. The van der Waals surface area contributed by atoms with Gasteiger partial charge in [-0.1, -0.05) is 24.8 Å². The molecule has 51 heavy (non-hydrogen) atoms. The Morgan fingerprint density at radius 2 is 1.41 bits per heavy atom. The third-order valence-corrected chi connectivity index (χ3v) is 10.1. The number of carbonyl (C=O) groups is 4. The molecule has 3 aliphatic rings. The highest BCUT2D eigenvalue weighted by atomic mass is 16.5. The summed E-state index contributed by atoms with van der Waals surface area (Å²) in [6, 6.07) is 12.3. The van der Waals surface area contributed by atoms with Crippen LogP contribution >= 0.6 is 0 Å². The van der Waals surface area contributed by atoms with Crippen LogP contribution in [0.25, 0.3) is 27.6 Å². The smallest absolute Gasteiger partial charge is 0.261 e. The third kappa shape index (κ3) is 5.88. The first-order chi connectivity index (χ1) is 24.8. The summed E-state index contributed by atoms with van der Waals surface area (Å²) in [6.45, 7) is 10.7. The van der Waals surface area contributed by atoms with Crippen LogP contribution in [0.5, 0.6) is 11.5 Å². The largest absolute Gasteiger partial charge is 0.507 e. The van der Waals surface area contributed by atoms with E-state index in [-0.39, 0.29) is 36.6 Å². The first-order valence-corrected chi connectivity index (χ1v) is 17.3. The zero-order valence-electron chi connectivity index (χ0n) is 28.8. The number of imide groups is 2. The van der Waals surface area contributed by atoms with Gasteiger partial charge in [-0.05, 0) is 67.7 Å². The molecule has 0 aliphatic carbocycles. The monoisotopic (exact) mass is 691 g/mol. The van der Waals surface area contributed by atoms with Crippen LogP contribution in [0.15, 0.2) is 49.0 Å². The van der Waals surface area contributed by atoms with Gasteiger partial charge in [0.2, 0.25) is 0 Å². The van der Waals surface area contributed by atoms with Crippen molar-refractivity contribution in [3.63, 3.8) is 0 Å². The summed E-state index contributed by atoms with van der Waals surface area (Å²) < 4.78 is 11.0. The normalized spacial score (nSPS) is 15.8. The molecule has 0 bridgehead atoms. The van der Waals surface area contributed by atoms with Gasteiger partial charge < -0.3 is 30.1 Å². The molecule has 0 radical (unpaired) electrons. The van der Waals surface area contributed by atoms with E-state index in [9.17, 15) is 24.3 Å². The predicted octanol–water partition coefficient (Wildman–Crippen LogP) is 3.96. The molecule has 3 aliphatic heterocycles. The Labute approximate surface area is 295 Å². The Kier molecular flexibility index (Phi) is 9.47. The van der Waals surface area contributed by atoms with Gasteiger partial charge in [-0.3, -0.25) is 29.0 Å². The van der Waals surface area contributed by atoms with Crippen LogP contribution in [0.1, 0.15) is 59.0 Å². The van der Waals surface area contributed by atoms with Gasteiger partial charge in [-0.15, -0.1) is 0 Å². The molecule has 264 valence electrons. The van der Waals surface area contributed by atoms with Gasteiger partial charge in [-0.25, -0.2) is 0 Å². The fourth-order valence-electron chi connectivity index (χ4n) is 7.48. The lowest BCUT2D eigenvalue weighted by atomic mass is 9.89. The molecule has 12 nitrogen and oxygen atoms in total. The maximum atomic E-state index is 13.7. The highest BCUT2D eigenvalue weighted by Crippen LogP contribution is 2.42. The van der Waals surface area contributed by atoms with Crippen LogP contribution in [0.4, 0.5) is 5.69 Å². The van der Waals surface area contributed by atoms with E-state index in [1.807, 2.05) is 25.1 Å². The number of methoxy groups -OCH3 is 1. The van der Waals surface area contributed by atoms with Crippen molar-refractivity contribution in [1.29, 1.82) is 0 Å². The SMILES string of the molecule is C=Cc1c(O)cc2c3c(ccc(N4CCOCC4)c13)C(=O)N(CCNCCCNCCN1C(=O)c3cccc4c(C)c(OC)cc(c34)C1=O)C2=O. The first kappa shape index (κ1) is 34.2. The van der Waals surface area contributed by atoms with Crippen molar-refractivity contribution in [1.82, 2.24) is 20.4 Å². The molecule has 4 amide bonds. The topological polar surface area (TPSA) is 141 Å². The number of hydrogen-bond donors (Lipinski definition) is 3. The van der Waals surface area contributed by atoms with Crippen LogP contribution in [-0.2, 0) is 4.74 Å². The van der Waals surface area contributed by atoms with Crippen molar-refractivity contribution in [2.45, 2.75) is 13.3 Å². The number of aryl methyl sites for hydroxylation is 1. The Bertz CT molecular complexity index is 2110. The molecule has 0 atom stereocenters. The molecule has 4 aromatic carbocycles. The van der Waals surface area contributed by atoms with Crippen LogP contribution in [0, 0.1) is 6.92 Å². The number of ether oxygens (including phenoxy) is 2. The molecular formula is C39H41N5O7. The number of phenolic OH excluding ortho intramolecular Hbond substituents is 1. The number of anilines is 1. The molecule has 3 N–H and O–H groups in total. The Hall–Kier alpha value is -5.30. The minimum Gasteiger partial charge on any atom is -0.507 e. The lowest BCUT2D eigenvalue weighted by Crippen LogP contribution is -2.44. The van der Waals surface area contributed by atoms with E-state index in [1.54, 1.807) is 31.4 Å². The zero-order valence-corrected chi connectivity index (χ0v) is 28.8. The van der Waals surface area contributed by atoms with Crippen LogP contribution < -0.4 is 20.3 Å². The quantitative estimate of drug-likeness (QED) is 0.139. The second-order valence-electron chi connectivity index (χ2n) is 12.9. The average Bonchev–Trinajstić information content (AvgIpc) is 3.15. The number of aromatic hydroxyl groups is 1. The number of nitrogens with one attached hydrogen (secondary N) is 2. The van der Waals surface area contributed by atoms with E-state index in [0.717, 1.165) is 23.1 Å². The van der Waals surface area contributed by atoms with Gasteiger partial charge >= 0.3 is 0 Å². The molecule has 0 aromatic heterocycles. The molecule has 1 saturated heterocycles. The highest BCUT2D eigenvalue weighted by Gasteiger charge is 2.36. The van der Waals surface area contributed by atoms with Crippen LogP contribution in [-0.4, -0.2) is 111 Å². The Balaban J connectivity index is 0.917. The molecule has 12 heteroatoms. The summed E-state index contributed by atoms with van der Waals surface area (Å²) in [5.74, 6) is -0.900. The third-order valence-electron chi connectivity index (χ3n) is 10.1. The van der Waals surface area contributed by atoms with E-state index in [4.69, 9.17) is 9.47 Å². The molecule has 7 rings (SSSR count). The minimum absolute atomic E-state index is 0.0565. The van der Waals surface area contributed by atoms with E-state index < -0.39 is 5.91 Å². The second-order valence-corrected chi connectivity index (χ2v) is 12.9. The molecule has 3 heterocycles. The van der Waals surface area contributed by atoms with Crippen molar-refractivity contribution in [2.75, 3.05) is 77.6 Å². The molecule has 4 aromatic rings. The fourth-order valence-corrected chi connectivity index (χ4v) is 7.48. The minimum atomic E-state index is -0.444. The molecule has 1 fully saturated rings. The fraction of sp³-hybridized carbons (Fsp3) is 0.333. The number of rotatable bonds is 13. The summed E-state index contributed by atoms with van der Waals surface area (Å²) >= 11 is 0. The number of phenols is 1. The Morgan fingerprint density at radius 1 is 0.804 bits per heavy atom. The molecular weight excluding hydrogens is 650 g/mol. The van der Waals surface area contributed by atoms with Crippen molar-refractivity contribution in [3.8, 4) is 11.5 Å². The van der Waals surface area contributed by atoms with Gasteiger partial charge in [0.15, 0.2) is 0 Å². The second kappa shape index (κ2) is 14.1. The standard InChI is InChI=1S/C39H41N5O7/c1-4-24-31(45)21-28-34-27(9-10-30(35(24)34)42-17-19-51-20-18-42)37(47)44(38(28)48)16-14-41-12-6-11-40-13-15-43-36(46)26-8-5-7-25-23(2)32(50-3)22-29(33(25)26)39(43)49/h4-5,7-10,21-22,40-41,45H,1,6,11-20H2,2-3H3. The number of benzene rings is 4. The van der Waals surface area contributed by atoms with Crippen molar-refractivity contribution in [3.05, 3.63) is 82.4 Å². The molecule has 0 unspecified atom stereocenters. The van der Waals surface area contributed by atoms with Gasteiger partial charge in [0.05, 0.1) is 31.5 Å². The lowest BCUT2D eigenvalue weighted by Gasteiger charge is -2.33. The summed E-state index contributed by atoms with van der Waals surface area (Å²) in [7, 11) is 1.57.